The summed E-state index contributed by atoms with van der Waals surface area (Å²) in [6.07, 6.45) is 0.214. The van der Waals surface area contributed by atoms with Crippen LogP contribution < -0.4 is 0 Å². The summed E-state index contributed by atoms with van der Waals surface area (Å²) in [5, 5.41) is 0. The van der Waals surface area contributed by atoms with Crippen molar-refractivity contribution in [2.24, 2.45) is 5.92 Å². The third-order valence-electron chi connectivity index (χ3n) is 3.36. The lowest BCUT2D eigenvalue weighted by Gasteiger charge is -2.38. The molecule has 2 rings (SSSR count). The SMILES string of the molecule is CC1(C)OCC(N2CC(CS(=O)(=O)Cl)CC2=O)CO1. The van der Waals surface area contributed by atoms with Crippen LogP contribution in [0, 0.1) is 5.92 Å². The third kappa shape index (κ3) is 4.05. The molecule has 0 bridgehead atoms. The van der Waals surface area contributed by atoms with E-state index in [-0.39, 0.29) is 30.0 Å². The van der Waals surface area contributed by atoms with E-state index in [0.717, 1.165) is 0 Å². The highest BCUT2D eigenvalue weighted by Gasteiger charge is 2.39. The molecule has 2 heterocycles. The summed E-state index contributed by atoms with van der Waals surface area (Å²) in [6.45, 7) is 4.83. The molecule has 110 valence electrons. The largest absolute Gasteiger partial charge is 0.348 e. The molecule has 0 spiro atoms. The van der Waals surface area contributed by atoms with E-state index in [2.05, 4.69) is 0 Å². The predicted octanol–water partition coefficient (Wildman–Crippen LogP) is 0.555. The van der Waals surface area contributed by atoms with Gasteiger partial charge in [-0.3, -0.25) is 4.79 Å². The smallest absolute Gasteiger partial charge is 0.232 e. The zero-order valence-corrected chi connectivity index (χ0v) is 12.5. The fourth-order valence-electron chi connectivity index (χ4n) is 2.42. The topological polar surface area (TPSA) is 72.9 Å². The van der Waals surface area contributed by atoms with Gasteiger partial charge in [0.25, 0.3) is 0 Å². The summed E-state index contributed by atoms with van der Waals surface area (Å²) in [7, 11) is 1.65. The Kier molecular flexibility index (Phi) is 4.11. The molecule has 0 N–H and O–H groups in total. The Morgan fingerprint density at radius 2 is 1.95 bits per heavy atom. The molecule has 0 aromatic heterocycles. The van der Waals surface area contributed by atoms with E-state index in [0.29, 0.717) is 19.8 Å². The zero-order chi connectivity index (χ0) is 14.3. The first-order valence-electron chi connectivity index (χ1n) is 6.16. The Bertz CT molecular complexity index is 454. The molecule has 1 unspecified atom stereocenters. The first-order chi connectivity index (χ1) is 8.66. The lowest BCUT2D eigenvalue weighted by molar-refractivity contribution is -0.262. The van der Waals surface area contributed by atoms with E-state index in [9.17, 15) is 13.2 Å². The molecule has 0 radical (unpaired) electrons. The van der Waals surface area contributed by atoms with Crippen LogP contribution in [0.15, 0.2) is 0 Å². The van der Waals surface area contributed by atoms with Crippen LogP contribution in [-0.2, 0) is 23.3 Å². The van der Waals surface area contributed by atoms with Crippen molar-refractivity contribution in [2.45, 2.75) is 32.1 Å². The van der Waals surface area contributed by atoms with E-state index >= 15 is 0 Å². The fourth-order valence-corrected chi connectivity index (χ4v) is 3.74. The summed E-state index contributed by atoms with van der Waals surface area (Å²) in [6, 6.07) is -0.149. The van der Waals surface area contributed by atoms with Gasteiger partial charge in [0.05, 0.1) is 25.0 Å². The van der Waals surface area contributed by atoms with Gasteiger partial charge >= 0.3 is 0 Å². The first-order valence-corrected chi connectivity index (χ1v) is 8.64. The van der Waals surface area contributed by atoms with E-state index in [1.807, 2.05) is 13.8 Å². The fraction of sp³-hybridized carbons (Fsp3) is 0.909. The summed E-state index contributed by atoms with van der Waals surface area (Å²) < 4.78 is 33.1. The van der Waals surface area contributed by atoms with Crippen LogP contribution in [0.1, 0.15) is 20.3 Å². The van der Waals surface area contributed by atoms with Gasteiger partial charge < -0.3 is 14.4 Å². The van der Waals surface area contributed by atoms with Crippen LogP contribution in [-0.4, -0.2) is 56.6 Å². The Morgan fingerprint density at radius 1 is 1.37 bits per heavy atom. The molecule has 6 nitrogen and oxygen atoms in total. The number of ether oxygens (including phenoxy) is 2. The van der Waals surface area contributed by atoms with Crippen LogP contribution in [0.3, 0.4) is 0 Å². The van der Waals surface area contributed by atoms with Crippen molar-refractivity contribution in [2.75, 3.05) is 25.5 Å². The summed E-state index contributed by atoms with van der Waals surface area (Å²) in [5.74, 6) is -1.11. The Balaban J connectivity index is 1.94. The Morgan fingerprint density at radius 3 is 2.47 bits per heavy atom. The van der Waals surface area contributed by atoms with Gasteiger partial charge in [0.2, 0.25) is 15.0 Å². The highest BCUT2D eigenvalue weighted by Crippen LogP contribution is 2.26. The van der Waals surface area contributed by atoms with E-state index < -0.39 is 14.8 Å². The molecule has 2 fully saturated rings. The van der Waals surface area contributed by atoms with Crippen LogP contribution in [0.5, 0.6) is 0 Å². The highest BCUT2D eigenvalue weighted by atomic mass is 35.7. The number of amides is 1. The van der Waals surface area contributed by atoms with Crippen LogP contribution in [0.2, 0.25) is 0 Å². The second kappa shape index (κ2) is 5.20. The minimum atomic E-state index is -3.57. The molecule has 19 heavy (non-hydrogen) atoms. The molecule has 1 amide bonds. The minimum absolute atomic E-state index is 0.0674. The van der Waals surface area contributed by atoms with Crippen molar-refractivity contribution in [3.63, 3.8) is 0 Å². The second-order valence-electron chi connectivity index (χ2n) is 5.50. The van der Waals surface area contributed by atoms with Crippen LogP contribution in [0.25, 0.3) is 0 Å². The summed E-state index contributed by atoms with van der Waals surface area (Å²) in [5.41, 5.74) is 0. The van der Waals surface area contributed by atoms with Crippen LogP contribution in [0.4, 0.5) is 0 Å². The number of nitrogens with zero attached hydrogens (tertiary/aromatic N) is 1. The molecule has 1 atom stereocenters. The van der Waals surface area contributed by atoms with E-state index in [1.165, 1.54) is 0 Å². The normalized spacial score (nSPS) is 28.9. The van der Waals surface area contributed by atoms with Crippen LogP contribution >= 0.6 is 10.7 Å². The van der Waals surface area contributed by atoms with Gasteiger partial charge in [0, 0.05) is 29.6 Å². The molecule has 0 aliphatic carbocycles. The quantitative estimate of drug-likeness (QED) is 0.712. The van der Waals surface area contributed by atoms with Gasteiger partial charge in [0.15, 0.2) is 5.79 Å². The molecule has 2 aliphatic rings. The monoisotopic (exact) mass is 311 g/mol. The van der Waals surface area contributed by atoms with Crippen molar-refractivity contribution >= 4 is 25.6 Å². The summed E-state index contributed by atoms with van der Waals surface area (Å²) >= 11 is 0. The van der Waals surface area contributed by atoms with E-state index in [1.54, 1.807) is 4.90 Å². The number of likely N-dealkylation sites (tertiary alicyclic amines) is 1. The standard InChI is InChI=1S/C11H18ClNO5S/c1-11(2)17-5-9(6-18-11)13-4-8(3-10(13)14)7-19(12,15)16/h8-9H,3-7H2,1-2H3. The summed E-state index contributed by atoms with van der Waals surface area (Å²) in [4.78, 5) is 13.5. The van der Waals surface area contributed by atoms with Crippen molar-refractivity contribution in [1.29, 1.82) is 0 Å². The maximum absolute atomic E-state index is 11.9. The number of carbonyl (C=O) groups excluding carboxylic acids is 1. The van der Waals surface area contributed by atoms with Gasteiger partial charge in [-0.2, -0.15) is 0 Å². The van der Waals surface area contributed by atoms with Gasteiger partial charge in [-0.25, -0.2) is 8.42 Å². The molecule has 0 saturated carbocycles. The lowest BCUT2D eigenvalue weighted by atomic mass is 10.1. The van der Waals surface area contributed by atoms with Gasteiger partial charge in [-0.1, -0.05) is 0 Å². The average Bonchev–Trinajstić information content (AvgIpc) is 2.56. The first kappa shape index (κ1) is 15.0. The predicted molar refractivity (Wildman–Crippen MR) is 69.2 cm³/mol. The second-order valence-corrected chi connectivity index (χ2v) is 8.32. The molecule has 2 saturated heterocycles. The molecular formula is C11H18ClNO5S. The van der Waals surface area contributed by atoms with Crippen molar-refractivity contribution in [3.05, 3.63) is 0 Å². The van der Waals surface area contributed by atoms with Gasteiger partial charge in [-0.05, 0) is 13.8 Å². The number of hydrogen-bond acceptors (Lipinski definition) is 5. The lowest BCUT2D eigenvalue weighted by Crippen LogP contribution is -2.51. The molecule has 2 aliphatic heterocycles. The Labute approximate surface area is 117 Å². The van der Waals surface area contributed by atoms with Crippen molar-refractivity contribution < 1.29 is 22.7 Å². The van der Waals surface area contributed by atoms with Crippen molar-refractivity contribution in [3.8, 4) is 0 Å². The number of rotatable bonds is 3. The average molecular weight is 312 g/mol. The Hall–Kier alpha value is -0.370. The van der Waals surface area contributed by atoms with Gasteiger partial charge in [-0.15, -0.1) is 0 Å². The maximum atomic E-state index is 11.9. The number of carbonyl (C=O) groups is 1. The third-order valence-corrected chi connectivity index (χ3v) is 4.61. The molecule has 0 aromatic rings. The molecular weight excluding hydrogens is 294 g/mol. The van der Waals surface area contributed by atoms with E-state index in [4.69, 9.17) is 20.2 Å². The van der Waals surface area contributed by atoms with Crippen molar-refractivity contribution in [1.82, 2.24) is 4.90 Å². The zero-order valence-electron chi connectivity index (χ0n) is 11.0. The maximum Gasteiger partial charge on any atom is 0.232 e. The number of hydrogen-bond donors (Lipinski definition) is 0. The molecule has 8 heteroatoms. The number of halogens is 1. The highest BCUT2D eigenvalue weighted by molar-refractivity contribution is 8.13. The van der Waals surface area contributed by atoms with Gasteiger partial charge in [0.1, 0.15) is 0 Å². The minimum Gasteiger partial charge on any atom is -0.348 e. The molecule has 0 aromatic carbocycles.